The zero-order chi connectivity index (χ0) is 20.1. The number of rotatable bonds is 6. The minimum Gasteiger partial charge on any atom is -0.378 e. The average Bonchev–Trinajstić information content (AvgIpc) is 3.17. The van der Waals surface area contributed by atoms with Crippen molar-refractivity contribution in [3.8, 4) is 0 Å². The van der Waals surface area contributed by atoms with Crippen molar-refractivity contribution in [1.29, 1.82) is 0 Å². The van der Waals surface area contributed by atoms with Crippen molar-refractivity contribution < 1.29 is 4.74 Å². The highest BCUT2D eigenvalue weighted by atomic mass is 16.5. The van der Waals surface area contributed by atoms with Gasteiger partial charge in [0.2, 0.25) is 0 Å². The number of nitrogens with two attached hydrogens (primary N) is 1. The third kappa shape index (κ3) is 4.43. The van der Waals surface area contributed by atoms with E-state index in [0.29, 0.717) is 6.54 Å². The molecule has 3 N–H and O–H groups in total. The standard InChI is InChI=1S/C23H30N4O/c1-5-20(21-7-6-16(2)12-17(21)3)19(14-24)13-23-25-15-22(26-23)18(4)27-8-10-28-11-9-27/h5-7,12-13,15H,4,8-11,14,24H2,1-3H3,(H,25,26)/b19-13-,20-5+. The van der Waals surface area contributed by atoms with Gasteiger partial charge in [-0.1, -0.05) is 36.4 Å². The van der Waals surface area contributed by atoms with Gasteiger partial charge >= 0.3 is 0 Å². The number of imidazole rings is 1. The van der Waals surface area contributed by atoms with Crippen LogP contribution >= 0.6 is 0 Å². The molecule has 1 aliphatic rings. The molecule has 0 unspecified atom stereocenters. The van der Waals surface area contributed by atoms with E-state index in [1.807, 2.05) is 19.2 Å². The largest absolute Gasteiger partial charge is 0.378 e. The summed E-state index contributed by atoms with van der Waals surface area (Å²) in [5, 5.41) is 0. The highest BCUT2D eigenvalue weighted by Crippen LogP contribution is 2.27. The van der Waals surface area contributed by atoms with Crippen molar-refractivity contribution in [3.05, 3.63) is 70.8 Å². The first-order chi connectivity index (χ1) is 13.5. The predicted octanol–water partition coefficient (Wildman–Crippen LogP) is 3.78. The summed E-state index contributed by atoms with van der Waals surface area (Å²) in [6, 6.07) is 6.50. The number of morpholine rings is 1. The van der Waals surface area contributed by atoms with Crippen molar-refractivity contribution in [2.24, 2.45) is 5.73 Å². The van der Waals surface area contributed by atoms with Gasteiger partial charge in [-0.05, 0) is 49.1 Å². The van der Waals surface area contributed by atoms with E-state index in [-0.39, 0.29) is 0 Å². The first kappa shape index (κ1) is 20.1. The number of aromatic amines is 1. The van der Waals surface area contributed by atoms with Crippen molar-refractivity contribution in [2.45, 2.75) is 20.8 Å². The SMILES string of the molecule is C=C(c1cnc(/C=C(CN)\C(=C/C)c2ccc(C)cc2C)[nH]1)N1CCOCC1. The Morgan fingerprint density at radius 2 is 2.07 bits per heavy atom. The van der Waals surface area contributed by atoms with E-state index in [1.165, 1.54) is 16.7 Å². The Bertz CT molecular complexity index is 901. The summed E-state index contributed by atoms with van der Waals surface area (Å²) < 4.78 is 5.42. The molecule has 1 fully saturated rings. The second kappa shape index (κ2) is 9.04. The fourth-order valence-corrected chi connectivity index (χ4v) is 3.60. The van der Waals surface area contributed by atoms with Crippen LogP contribution in [0.4, 0.5) is 0 Å². The monoisotopic (exact) mass is 378 g/mol. The van der Waals surface area contributed by atoms with Crippen LogP contribution in [0.1, 0.15) is 35.1 Å². The van der Waals surface area contributed by atoms with E-state index >= 15 is 0 Å². The van der Waals surface area contributed by atoms with E-state index in [2.05, 4.69) is 59.6 Å². The van der Waals surface area contributed by atoms with Crippen LogP contribution in [0.5, 0.6) is 0 Å². The minimum atomic E-state index is 0.438. The lowest BCUT2D eigenvalue weighted by Gasteiger charge is -2.29. The van der Waals surface area contributed by atoms with Gasteiger partial charge in [0.25, 0.3) is 0 Å². The Kier molecular flexibility index (Phi) is 6.49. The van der Waals surface area contributed by atoms with Gasteiger partial charge in [-0.25, -0.2) is 4.98 Å². The van der Waals surface area contributed by atoms with E-state index in [1.54, 1.807) is 0 Å². The summed E-state index contributed by atoms with van der Waals surface area (Å²) in [5.41, 5.74) is 13.9. The molecule has 3 rings (SSSR count). The number of aromatic nitrogens is 2. The van der Waals surface area contributed by atoms with Gasteiger partial charge in [-0.3, -0.25) is 0 Å². The predicted molar refractivity (Wildman–Crippen MR) is 117 cm³/mol. The Labute approximate surface area is 167 Å². The molecule has 1 aromatic heterocycles. The quantitative estimate of drug-likeness (QED) is 0.751. The molecule has 1 aromatic carbocycles. The molecule has 0 radical (unpaired) electrons. The highest BCUT2D eigenvalue weighted by Gasteiger charge is 2.15. The summed E-state index contributed by atoms with van der Waals surface area (Å²) in [5.74, 6) is 0.786. The van der Waals surface area contributed by atoms with E-state index in [4.69, 9.17) is 10.5 Å². The average molecular weight is 379 g/mol. The molecule has 2 heterocycles. The van der Waals surface area contributed by atoms with Gasteiger partial charge in [-0.2, -0.15) is 0 Å². The van der Waals surface area contributed by atoms with Gasteiger partial charge < -0.3 is 20.4 Å². The summed E-state index contributed by atoms with van der Waals surface area (Å²) in [4.78, 5) is 10.1. The number of nitrogens with one attached hydrogen (secondary N) is 1. The van der Waals surface area contributed by atoms with Gasteiger partial charge in [0.05, 0.1) is 30.8 Å². The van der Waals surface area contributed by atoms with Gasteiger partial charge in [0.15, 0.2) is 0 Å². The molecule has 0 saturated carbocycles. The zero-order valence-electron chi connectivity index (χ0n) is 17.1. The van der Waals surface area contributed by atoms with Crippen LogP contribution in [0.25, 0.3) is 17.3 Å². The lowest BCUT2D eigenvalue weighted by atomic mass is 9.92. The molecule has 0 amide bonds. The van der Waals surface area contributed by atoms with Crippen LogP contribution in [0, 0.1) is 13.8 Å². The van der Waals surface area contributed by atoms with Crippen LogP contribution in [0.15, 0.2) is 42.6 Å². The number of ether oxygens (including phenoxy) is 1. The van der Waals surface area contributed by atoms with Crippen LogP contribution < -0.4 is 5.73 Å². The molecule has 0 bridgehead atoms. The molecule has 1 saturated heterocycles. The number of nitrogens with zero attached hydrogens (tertiary/aromatic N) is 2. The molecular formula is C23H30N4O. The summed E-state index contributed by atoms with van der Waals surface area (Å²) in [7, 11) is 0. The number of benzene rings is 1. The molecular weight excluding hydrogens is 348 g/mol. The minimum absolute atomic E-state index is 0.438. The van der Waals surface area contributed by atoms with Gasteiger partial charge in [0.1, 0.15) is 5.82 Å². The molecule has 0 atom stereocenters. The third-order valence-electron chi connectivity index (χ3n) is 5.14. The topological polar surface area (TPSA) is 67.2 Å². The van der Waals surface area contributed by atoms with Crippen molar-refractivity contribution in [3.63, 3.8) is 0 Å². The van der Waals surface area contributed by atoms with Crippen molar-refractivity contribution in [2.75, 3.05) is 32.8 Å². The maximum Gasteiger partial charge on any atom is 0.130 e. The van der Waals surface area contributed by atoms with Crippen molar-refractivity contribution >= 4 is 17.3 Å². The fourth-order valence-electron chi connectivity index (χ4n) is 3.60. The Morgan fingerprint density at radius 1 is 1.32 bits per heavy atom. The molecule has 1 aliphatic heterocycles. The molecule has 5 nitrogen and oxygen atoms in total. The first-order valence-corrected chi connectivity index (χ1v) is 9.75. The summed E-state index contributed by atoms with van der Waals surface area (Å²) >= 11 is 0. The highest BCUT2D eigenvalue weighted by molar-refractivity contribution is 5.85. The molecule has 5 heteroatoms. The second-order valence-electron chi connectivity index (χ2n) is 7.12. The Hall–Kier alpha value is -2.63. The van der Waals surface area contributed by atoms with Crippen LogP contribution in [-0.2, 0) is 4.74 Å². The maximum absolute atomic E-state index is 6.11. The zero-order valence-corrected chi connectivity index (χ0v) is 17.1. The molecule has 0 aliphatic carbocycles. The molecule has 148 valence electrons. The number of hydrogen-bond donors (Lipinski definition) is 2. The molecule has 0 spiro atoms. The van der Waals surface area contributed by atoms with E-state index in [0.717, 1.165) is 54.7 Å². The lowest BCUT2D eigenvalue weighted by Crippen LogP contribution is -2.34. The lowest BCUT2D eigenvalue weighted by molar-refractivity contribution is 0.0639. The van der Waals surface area contributed by atoms with Gasteiger partial charge in [-0.15, -0.1) is 0 Å². The number of hydrogen-bond acceptors (Lipinski definition) is 4. The smallest absolute Gasteiger partial charge is 0.130 e. The first-order valence-electron chi connectivity index (χ1n) is 9.75. The van der Waals surface area contributed by atoms with E-state index in [9.17, 15) is 0 Å². The molecule has 2 aromatic rings. The summed E-state index contributed by atoms with van der Waals surface area (Å²) in [6.07, 6.45) is 5.99. The number of allylic oxidation sites excluding steroid dienone is 1. The van der Waals surface area contributed by atoms with Crippen LogP contribution in [-0.4, -0.2) is 47.7 Å². The maximum atomic E-state index is 6.11. The Morgan fingerprint density at radius 3 is 2.71 bits per heavy atom. The molecule has 28 heavy (non-hydrogen) atoms. The van der Waals surface area contributed by atoms with Crippen LogP contribution in [0.3, 0.4) is 0 Å². The van der Waals surface area contributed by atoms with Crippen molar-refractivity contribution in [1.82, 2.24) is 14.9 Å². The van der Waals surface area contributed by atoms with Gasteiger partial charge in [0, 0.05) is 19.6 Å². The normalized spacial score (nSPS) is 15.8. The summed E-state index contributed by atoms with van der Waals surface area (Å²) in [6.45, 7) is 14.1. The fraction of sp³-hybridized carbons (Fsp3) is 0.348. The third-order valence-corrected chi connectivity index (χ3v) is 5.14. The number of H-pyrrole nitrogens is 1. The van der Waals surface area contributed by atoms with E-state index < -0.39 is 0 Å². The number of aryl methyl sites for hydroxylation is 2. The second-order valence-corrected chi connectivity index (χ2v) is 7.12. The van der Waals surface area contributed by atoms with Crippen LogP contribution in [0.2, 0.25) is 0 Å². The Balaban J connectivity index is 1.86.